The van der Waals surface area contributed by atoms with Gasteiger partial charge >= 0.3 is 6.04 Å². The van der Waals surface area contributed by atoms with Crippen LogP contribution in [-0.4, -0.2) is 34.1 Å². The fourth-order valence-corrected chi connectivity index (χ4v) is 3.96. The van der Waals surface area contributed by atoms with E-state index in [9.17, 15) is 14.3 Å². The molecule has 4 nitrogen and oxygen atoms in total. The Hall–Kier alpha value is -3.31. The summed E-state index contributed by atoms with van der Waals surface area (Å²) in [6.45, 7) is 2.65. The standard InChI is InChI=1S/C25H23FN2O2/c26-25(30)20-9-7-18(8-10-20)24(21-4-3-6-23(29)16-21)19-11-14-28(15-12-19)17-22-5-1-2-13-27-22/h1-10,13,16,29H,11-12,14-15,17H2. The van der Waals surface area contributed by atoms with E-state index in [4.69, 9.17) is 0 Å². The number of nitrogens with zero attached hydrogens (tertiary/aromatic N) is 2. The minimum absolute atomic E-state index is 0.0455. The first kappa shape index (κ1) is 20.0. The Balaban J connectivity index is 1.62. The fraction of sp³-hybridized carbons (Fsp3) is 0.200. The lowest BCUT2D eigenvalue weighted by molar-refractivity contribution is 0.0836. The van der Waals surface area contributed by atoms with Gasteiger partial charge < -0.3 is 5.11 Å². The second-order valence-corrected chi connectivity index (χ2v) is 7.48. The van der Waals surface area contributed by atoms with Gasteiger partial charge in [0.05, 0.1) is 11.3 Å². The molecule has 1 N–H and O–H groups in total. The predicted octanol–water partition coefficient (Wildman–Crippen LogP) is 4.99. The van der Waals surface area contributed by atoms with E-state index in [0.29, 0.717) is 0 Å². The zero-order valence-electron chi connectivity index (χ0n) is 16.6. The molecule has 1 aliphatic heterocycles. The summed E-state index contributed by atoms with van der Waals surface area (Å²) in [5, 5.41) is 10.00. The maximum atomic E-state index is 13.0. The van der Waals surface area contributed by atoms with Gasteiger partial charge in [0.2, 0.25) is 0 Å². The van der Waals surface area contributed by atoms with Crippen LogP contribution in [0.5, 0.6) is 5.75 Å². The van der Waals surface area contributed by atoms with Crippen molar-refractivity contribution in [2.24, 2.45) is 0 Å². The van der Waals surface area contributed by atoms with Gasteiger partial charge in [0.25, 0.3) is 0 Å². The van der Waals surface area contributed by atoms with Gasteiger partial charge in [-0.2, -0.15) is 4.39 Å². The van der Waals surface area contributed by atoms with Crippen molar-refractivity contribution in [2.75, 3.05) is 13.1 Å². The second kappa shape index (κ2) is 9.01. The third-order valence-corrected chi connectivity index (χ3v) is 5.46. The summed E-state index contributed by atoms with van der Waals surface area (Å²) in [4.78, 5) is 17.8. The average Bonchev–Trinajstić information content (AvgIpc) is 2.76. The monoisotopic (exact) mass is 402 g/mol. The highest BCUT2D eigenvalue weighted by atomic mass is 19.1. The van der Waals surface area contributed by atoms with Crippen LogP contribution in [-0.2, 0) is 6.54 Å². The number of hydrogen-bond donors (Lipinski definition) is 1. The minimum Gasteiger partial charge on any atom is -0.508 e. The molecule has 5 heteroatoms. The number of benzene rings is 2. The third kappa shape index (κ3) is 4.63. The smallest absolute Gasteiger partial charge is 0.332 e. The Morgan fingerprint density at radius 1 is 0.933 bits per heavy atom. The molecule has 30 heavy (non-hydrogen) atoms. The average molecular weight is 402 g/mol. The molecule has 0 spiro atoms. The van der Waals surface area contributed by atoms with Crippen molar-refractivity contribution in [3.05, 3.63) is 101 Å². The van der Waals surface area contributed by atoms with Crippen molar-refractivity contribution in [2.45, 2.75) is 19.4 Å². The molecule has 0 unspecified atom stereocenters. The summed E-state index contributed by atoms with van der Waals surface area (Å²) >= 11 is 0. The van der Waals surface area contributed by atoms with Crippen LogP contribution in [0.15, 0.2) is 78.5 Å². The molecule has 0 aliphatic carbocycles. The van der Waals surface area contributed by atoms with Gasteiger partial charge in [-0.1, -0.05) is 35.9 Å². The number of phenols is 1. The first-order chi connectivity index (χ1) is 14.6. The third-order valence-electron chi connectivity index (χ3n) is 5.46. The zero-order valence-corrected chi connectivity index (χ0v) is 16.6. The summed E-state index contributed by atoms with van der Waals surface area (Å²) in [6, 6.07) is 18.3. The van der Waals surface area contributed by atoms with Gasteiger partial charge in [-0.25, -0.2) is 0 Å². The fourth-order valence-electron chi connectivity index (χ4n) is 3.96. The molecule has 0 bridgehead atoms. The highest BCUT2D eigenvalue weighted by Gasteiger charge is 2.20. The molecular weight excluding hydrogens is 379 g/mol. The van der Waals surface area contributed by atoms with Gasteiger partial charge in [-0.15, -0.1) is 0 Å². The Bertz CT molecular complexity index is 1050. The molecule has 152 valence electrons. The van der Waals surface area contributed by atoms with Gasteiger partial charge in [0.15, 0.2) is 0 Å². The van der Waals surface area contributed by atoms with E-state index in [1.54, 1.807) is 24.3 Å². The Morgan fingerprint density at radius 2 is 1.67 bits per heavy atom. The van der Waals surface area contributed by atoms with E-state index in [-0.39, 0.29) is 11.3 Å². The maximum absolute atomic E-state index is 13.0. The van der Waals surface area contributed by atoms with Gasteiger partial charge in [0.1, 0.15) is 5.75 Å². The van der Waals surface area contributed by atoms with Crippen molar-refractivity contribution in [1.82, 2.24) is 9.88 Å². The first-order valence-corrected chi connectivity index (χ1v) is 10.0. The number of pyridine rings is 1. The van der Waals surface area contributed by atoms with Crippen LogP contribution >= 0.6 is 0 Å². The SMILES string of the molecule is O=C(F)c1ccc(C(=C2CCN(Cc3ccccn3)CC2)c2cccc(O)c2)cc1. The summed E-state index contributed by atoms with van der Waals surface area (Å²) in [5.41, 5.74) is 5.27. The molecule has 1 saturated heterocycles. The lowest BCUT2D eigenvalue weighted by Gasteiger charge is -2.30. The molecule has 1 fully saturated rings. The number of halogens is 1. The van der Waals surface area contributed by atoms with Crippen molar-refractivity contribution >= 4 is 11.6 Å². The topological polar surface area (TPSA) is 53.4 Å². The highest BCUT2D eigenvalue weighted by Crippen LogP contribution is 2.34. The van der Waals surface area contributed by atoms with Crippen molar-refractivity contribution in [1.29, 1.82) is 0 Å². The zero-order chi connectivity index (χ0) is 20.9. The van der Waals surface area contributed by atoms with Crippen LogP contribution in [0.4, 0.5) is 4.39 Å². The van der Waals surface area contributed by atoms with Crippen LogP contribution in [0.1, 0.15) is 40.0 Å². The van der Waals surface area contributed by atoms with Crippen LogP contribution < -0.4 is 0 Å². The molecule has 0 atom stereocenters. The number of piperidine rings is 1. The highest BCUT2D eigenvalue weighted by molar-refractivity contribution is 5.90. The summed E-state index contributed by atoms with van der Waals surface area (Å²) < 4.78 is 13.0. The number of aromatic hydroxyl groups is 1. The van der Waals surface area contributed by atoms with Crippen molar-refractivity contribution < 1.29 is 14.3 Å². The van der Waals surface area contributed by atoms with Crippen molar-refractivity contribution in [3.8, 4) is 5.75 Å². The number of carbonyl (C=O) groups excluding carboxylic acids is 1. The summed E-state index contributed by atoms with van der Waals surface area (Å²) in [7, 11) is 0. The predicted molar refractivity (Wildman–Crippen MR) is 115 cm³/mol. The van der Waals surface area contributed by atoms with Gasteiger partial charge in [-0.05, 0) is 65.9 Å². The largest absolute Gasteiger partial charge is 0.508 e. The number of likely N-dealkylation sites (tertiary alicyclic amines) is 1. The van der Waals surface area contributed by atoms with Crippen LogP contribution in [0.3, 0.4) is 0 Å². The van der Waals surface area contributed by atoms with E-state index in [2.05, 4.69) is 9.88 Å². The normalized spacial score (nSPS) is 14.5. The number of carbonyl (C=O) groups is 1. The lowest BCUT2D eigenvalue weighted by atomic mass is 9.88. The van der Waals surface area contributed by atoms with Crippen LogP contribution in [0, 0.1) is 0 Å². The Morgan fingerprint density at radius 3 is 2.30 bits per heavy atom. The first-order valence-electron chi connectivity index (χ1n) is 10.0. The molecule has 0 amide bonds. The molecule has 2 heterocycles. The Kier molecular flexibility index (Phi) is 6.00. The van der Waals surface area contributed by atoms with E-state index < -0.39 is 6.04 Å². The lowest BCUT2D eigenvalue weighted by Crippen LogP contribution is -2.30. The minimum atomic E-state index is -1.43. The van der Waals surface area contributed by atoms with E-state index in [0.717, 1.165) is 54.9 Å². The van der Waals surface area contributed by atoms with Crippen LogP contribution in [0.2, 0.25) is 0 Å². The van der Waals surface area contributed by atoms with Gasteiger partial charge in [0, 0.05) is 25.8 Å². The summed E-state index contributed by atoms with van der Waals surface area (Å²) in [5.74, 6) is 0.203. The molecule has 2 aromatic carbocycles. The molecule has 1 aromatic heterocycles. The Labute approximate surface area is 175 Å². The van der Waals surface area contributed by atoms with Gasteiger partial charge in [-0.3, -0.25) is 14.7 Å². The van der Waals surface area contributed by atoms with Crippen molar-refractivity contribution in [3.63, 3.8) is 0 Å². The number of rotatable bonds is 5. The van der Waals surface area contributed by atoms with Crippen LogP contribution in [0.25, 0.3) is 5.57 Å². The summed E-state index contributed by atoms with van der Waals surface area (Å²) in [6.07, 6.45) is 3.60. The molecule has 0 saturated carbocycles. The number of aromatic nitrogens is 1. The van der Waals surface area contributed by atoms with E-state index in [1.165, 1.54) is 17.7 Å². The molecule has 3 aromatic rings. The van der Waals surface area contributed by atoms with E-state index in [1.807, 2.05) is 36.5 Å². The maximum Gasteiger partial charge on any atom is 0.332 e. The molecule has 4 rings (SSSR count). The quantitative estimate of drug-likeness (QED) is 0.611. The number of hydrogen-bond acceptors (Lipinski definition) is 4. The van der Waals surface area contributed by atoms with E-state index >= 15 is 0 Å². The molecular formula is C25H23FN2O2. The second-order valence-electron chi connectivity index (χ2n) is 7.48. The number of phenolic OH excluding ortho intramolecular Hbond substituents is 1. The molecule has 0 radical (unpaired) electrons. The molecule has 1 aliphatic rings.